The lowest BCUT2D eigenvalue weighted by atomic mass is 10.0. The zero-order valence-corrected chi connectivity index (χ0v) is 12.3. The quantitative estimate of drug-likeness (QED) is 0.935. The van der Waals surface area contributed by atoms with Crippen molar-refractivity contribution in [2.24, 2.45) is 0 Å². The fraction of sp³-hybridized carbons (Fsp3) is 0.235. The maximum Gasteiger partial charge on any atom is 0.254 e. The van der Waals surface area contributed by atoms with Crippen molar-refractivity contribution in [3.63, 3.8) is 0 Å². The number of hydrogen-bond acceptors (Lipinski definition) is 2. The van der Waals surface area contributed by atoms with Gasteiger partial charge in [-0.3, -0.25) is 4.79 Å². The van der Waals surface area contributed by atoms with Crippen molar-refractivity contribution in [3.8, 4) is 5.75 Å². The van der Waals surface area contributed by atoms with E-state index in [0.29, 0.717) is 16.7 Å². The number of carbonyl (C=O) groups excluding carboxylic acids is 1. The van der Waals surface area contributed by atoms with Crippen LogP contribution in [-0.4, -0.2) is 23.0 Å². The van der Waals surface area contributed by atoms with Crippen LogP contribution in [0.25, 0.3) is 0 Å². The SMILES string of the molecule is Cc1cc(C(=O)N(C)C(C)c2ccccc2O)ccc1F. The van der Waals surface area contributed by atoms with Crippen molar-refractivity contribution in [2.45, 2.75) is 19.9 Å². The molecule has 0 heterocycles. The van der Waals surface area contributed by atoms with Crippen molar-refractivity contribution < 1.29 is 14.3 Å². The lowest BCUT2D eigenvalue weighted by molar-refractivity contribution is 0.0741. The lowest BCUT2D eigenvalue weighted by Crippen LogP contribution is -2.29. The summed E-state index contributed by atoms with van der Waals surface area (Å²) < 4.78 is 13.3. The molecule has 0 aliphatic carbocycles. The molecule has 1 unspecified atom stereocenters. The fourth-order valence-electron chi connectivity index (χ4n) is 2.21. The molecular weight excluding hydrogens is 269 g/mol. The predicted octanol–water partition coefficient (Wildman–Crippen LogP) is 3.67. The highest BCUT2D eigenvalue weighted by atomic mass is 19.1. The standard InChI is InChI=1S/C17H18FNO2/c1-11-10-13(8-9-15(11)18)17(21)19(3)12(2)14-6-4-5-7-16(14)20/h4-10,12,20H,1-3H3. The molecule has 0 bridgehead atoms. The van der Waals surface area contributed by atoms with Crippen LogP contribution >= 0.6 is 0 Å². The molecule has 2 rings (SSSR count). The molecule has 3 nitrogen and oxygen atoms in total. The summed E-state index contributed by atoms with van der Waals surface area (Å²) in [6, 6.07) is 10.9. The summed E-state index contributed by atoms with van der Waals surface area (Å²) in [5, 5.41) is 9.88. The third kappa shape index (κ3) is 3.05. The molecule has 0 spiro atoms. The van der Waals surface area contributed by atoms with Gasteiger partial charge in [0.05, 0.1) is 6.04 Å². The first-order valence-corrected chi connectivity index (χ1v) is 6.73. The van der Waals surface area contributed by atoms with Crippen LogP contribution in [0.4, 0.5) is 4.39 Å². The zero-order chi connectivity index (χ0) is 15.6. The van der Waals surface area contributed by atoms with Crippen LogP contribution in [0.3, 0.4) is 0 Å². The highest BCUT2D eigenvalue weighted by Gasteiger charge is 2.21. The highest BCUT2D eigenvalue weighted by Crippen LogP contribution is 2.28. The first kappa shape index (κ1) is 15.0. The van der Waals surface area contributed by atoms with Crippen molar-refractivity contribution in [1.29, 1.82) is 0 Å². The van der Waals surface area contributed by atoms with E-state index in [0.717, 1.165) is 0 Å². The van der Waals surface area contributed by atoms with Crippen LogP contribution in [-0.2, 0) is 0 Å². The van der Waals surface area contributed by atoms with E-state index in [2.05, 4.69) is 0 Å². The van der Waals surface area contributed by atoms with Crippen LogP contribution in [0.2, 0.25) is 0 Å². The van der Waals surface area contributed by atoms with Gasteiger partial charge >= 0.3 is 0 Å². The molecule has 0 radical (unpaired) electrons. The zero-order valence-electron chi connectivity index (χ0n) is 12.3. The van der Waals surface area contributed by atoms with Gasteiger partial charge in [-0.05, 0) is 43.7 Å². The minimum absolute atomic E-state index is 0.153. The van der Waals surface area contributed by atoms with Gasteiger partial charge in [0.15, 0.2) is 0 Å². The average molecular weight is 287 g/mol. The monoisotopic (exact) mass is 287 g/mol. The maximum atomic E-state index is 13.3. The molecule has 4 heteroatoms. The maximum absolute atomic E-state index is 13.3. The number of nitrogens with zero attached hydrogens (tertiary/aromatic N) is 1. The van der Waals surface area contributed by atoms with Gasteiger partial charge < -0.3 is 10.0 Å². The first-order chi connectivity index (χ1) is 9.91. The van der Waals surface area contributed by atoms with Gasteiger partial charge in [0.1, 0.15) is 11.6 Å². The number of phenolic OH excluding ortho intramolecular Hbond substituents is 1. The van der Waals surface area contributed by atoms with Crippen molar-refractivity contribution in [3.05, 3.63) is 65.0 Å². The van der Waals surface area contributed by atoms with Crippen LogP contribution in [0.1, 0.15) is 34.5 Å². The van der Waals surface area contributed by atoms with Gasteiger partial charge in [0.2, 0.25) is 0 Å². The minimum Gasteiger partial charge on any atom is -0.508 e. The molecule has 0 aliphatic rings. The molecule has 0 saturated carbocycles. The van der Waals surface area contributed by atoms with Crippen molar-refractivity contribution in [2.75, 3.05) is 7.05 Å². The Morgan fingerprint density at radius 2 is 1.90 bits per heavy atom. The van der Waals surface area contributed by atoms with E-state index in [1.165, 1.54) is 23.1 Å². The molecule has 110 valence electrons. The largest absolute Gasteiger partial charge is 0.508 e. The van der Waals surface area contributed by atoms with Gasteiger partial charge in [-0.2, -0.15) is 0 Å². The van der Waals surface area contributed by atoms with Crippen LogP contribution in [0.5, 0.6) is 5.75 Å². The summed E-state index contributed by atoms with van der Waals surface area (Å²) in [4.78, 5) is 14.0. The van der Waals surface area contributed by atoms with E-state index in [1.54, 1.807) is 32.2 Å². The molecule has 0 saturated heterocycles. The molecule has 0 fully saturated rings. The van der Waals surface area contributed by atoms with E-state index in [4.69, 9.17) is 0 Å². The molecule has 1 amide bonds. The molecule has 1 atom stereocenters. The summed E-state index contributed by atoms with van der Waals surface area (Å²) in [5.74, 6) is -0.392. The van der Waals surface area contributed by atoms with Crippen molar-refractivity contribution in [1.82, 2.24) is 4.90 Å². The Hall–Kier alpha value is -2.36. The normalized spacial score (nSPS) is 12.0. The van der Waals surface area contributed by atoms with E-state index >= 15 is 0 Å². The number of benzene rings is 2. The number of rotatable bonds is 3. The van der Waals surface area contributed by atoms with Crippen molar-refractivity contribution >= 4 is 5.91 Å². The summed E-state index contributed by atoms with van der Waals surface area (Å²) in [5.41, 5.74) is 1.54. The predicted molar refractivity (Wildman–Crippen MR) is 79.8 cm³/mol. The average Bonchev–Trinajstić information content (AvgIpc) is 2.48. The highest BCUT2D eigenvalue weighted by molar-refractivity contribution is 5.94. The van der Waals surface area contributed by atoms with Crippen LogP contribution < -0.4 is 0 Å². The molecule has 1 N–H and O–H groups in total. The second-order valence-corrected chi connectivity index (χ2v) is 5.11. The first-order valence-electron chi connectivity index (χ1n) is 6.73. The second-order valence-electron chi connectivity index (χ2n) is 5.11. The Bertz CT molecular complexity index is 670. The molecule has 2 aromatic carbocycles. The second kappa shape index (κ2) is 5.95. The number of carbonyl (C=O) groups is 1. The summed E-state index contributed by atoms with van der Waals surface area (Å²) >= 11 is 0. The summed E-state index contributed by atoms with van der Waals surface area (Å²) in [7, 11) is 1.66. The number of aromatic hydroxyl groups is 1. The number of aryl methyl sites for hydroxylation is 1. The fourth-order valence-corrected chi connectivity index (χ4v) is 2.21. The minimum atomic E-state index is -0.331. The Kier molecular flexibility index (Phi) is 4.26. The Labute approximate surface area is 123 Å². The third-order valence-corrected chi connectivity index (χ3v) is 3.69. The molecule has 0 aromatic heterocycles. The molecule has 0 aliphatic heterocycles. The van der Waals surface area contributed by atoms with E-state index < -0.39 is 0 Å². The smallest absolute Gasteiger partial charge is 0.254 e. The van der Waals surface area contributed by atoms with Gasteiger partial charge in [-0.15, -0.1) is 0 Å². The van der Waals surface area contributed by atoms with Crippen LogP contribution in [0, 0.1) is 12.7 Å². The molecule has 21 heavy (non-hydrogen) atoms. The Morgan fingerprint density at radius 1 is 1.24 bits per heavy atom. The lowest BCUT2D eigenvalue weighted by Gasteiger charge is -2.26. The van der Waals surface area contributed by atoms with E-state index in [1.807, 2.05) is 13.0 Å². The van der Waals surface area contributed by atoms with E-state index in [9.17, 15) is 14.3 Å². The number of amides is 1. The number of para-hydroxylation sites is 1. The number of hydrogen-bond donors (Lipinski definition) is 1. The topological polar surface area (TPSA) is 40.5 Å². The van der Waals surface area contributed by atoms with Gasteiger partial charge in [0, 0.05) is 18.2 Å². The van der Waals surface area contributed by atoms with Gasteiger partial charge in [-0.1, -0.05) is 18.2 Å². The Morgan fingerprint density at radius 3 is 2.52 bits per heavy atom. The van der Waals surface area contributed by atoms with Crippen LogP contribution in [0.15, 0.2) is 42.5 Å². The van der Waals surface area contributed by atoms with Gasteiger partial charge in [0.25, 0.3) is 5.91 Å². The molecule has 2 aromatic rings. The summed E-state index contributed by atoms with van der Waals surface area (Å²) in [6.07, 6.45) is 0. The number of phenols is 1. The number of halogens is 1. The Balaban J connectivity index is 2.26. The molecular formula is C17H18FNO2. The van der Waals surface area contributed by atoms with Gasteiger partial charge in [-0.25, -0.2) is 4.39 Å². The van der Waals surface area contributed by atoms with E-state index in [-0.39, 0.29) is 23.5 Å². The third-order valence-electron chi connectivity index (χ3n) is 3.69. The summed E-state index contributed by atoms with van der Waals surface area (Å²) in [6.45, 7) is 3.46.